The first-order valence-electron chi connectivity index (χ1n) is 5.98. The van der Waals surface area contributed by atoms with E-state index in [4.69, 9.17) is 4.42 Å². The molecule has 0 aliphatic carbocycles. The van der Waals surface area contributed by atoms with E-state index in [1.54, 1.807) is 0 Å². The zero-order chi connectivity index (χ0) is 15.1. The fourth-order valence-electron chi connectivity index (χ4n) is 2.07. The molecule has 3 aromatic rings. The van der Waals surface area contributed by atoms with Crippen LogP contribution in [0.3, 0.4) is 0 Å². The van der Waals surface area contributed by atoms with Crippen LogP contribution < -0.4 is 5.43 Å². The molecule has 0 bridgehead atoms. The Morgan fingerprint density at radius 3 is 2.23 bits per heavy atom. The molecule has 1 heterocycles. The van der Waals surface area contributed by atoms with Gasteiger partial charge in [0.25, 0.3) is 0 Å². The molecule has 0 aliphatic heterocycles. The molecule has 0 amide bonds. The molecular weight excluding hydrogens is 312 g/mol. The van der Waals surface area contributed by atoms with Crippen molar-refractivity contribution in [2.45, 2.75) is 0 Å². The lowest BCUT2D eigenvalue weighted by Gasteiger charge is -2.06. The Balaban J connectivity index is 0.00000176. The molecular formula is C15H11ClO6. The molecule has 0 atom stereocenters. The molecule has 0 fully saturated rings. The Hall–Kier alpha value is -2.86. The summed E-state index contributed by atoms with van der Waals surface area (Å²) in [6, 6.07) is 7.37. The highest BCUT2D eigenvalue weighted by Gasteiger charge is 2.13. The first-order chi connectivity index (χ1) is 9.95. The van der Waals surface area contributed by atoms with Gasteiger partial charge in [-0.1, -0.05) is 0 Å². The van der Waals surface area contributed by atoms with Crippen molar-refractivity contribution in [1.29, 1.82) is 0 Å². The van der Waals surface area contributed by atoms with Crippen LogP contribution in [0.5, 0.6) is 23.0 Å². The van der Waals surface area contributed by atoms with Gasteiger partial charge < -0.3 is 24.8 Å². The molecule has 1 aromatic heterocycles. The highest BCUT2D eigenvalue weighted by molar-refractivity contribution is 5.86. The molecule has 6 nitrogen and oxygen atoms in total. The minimum absolute atomic E-state index is 0. The highest BCUT2D eigenvalue weighted by atomic mass is 35.5. The summed E-state index contributed by atoms with van der Waals surface area (Å²) < 4.78 is 5.47. The fourth-order valence-corrected chi connectivity index (χ4v) is 2.07. The second-order valence-electron chi connectivity index (χ2n) is 4.52. The third kappa shape index (κ3) is 2.51. The van der Waals surface area contributed by atoms with Crippen molar-refractivity contribution in [1.82, 2.24) is 0 Å². The molecule has 3 rings (SSSR count). The van der Waals surface area contributed by atoms with Gasteiger partial charge in [-0.25, -0.2) is 0 Å². The summed E-state index contributed by atoms with van der Waals surface area (Å²) in [6.07, 6.45) is 0. The number of aromatic hydroxyl groups is 4. The van der Waals surface area contributed by atoms with Gasteiger partial charge in [0, 0.05) is 23.8 Å². The van der Waals surface area contributed by atoms with Crippen molar-refractivity contribution < 1.29 is 24.8 Å². The molecule has 0 saturated heterocycles. The number of fused-ring (bicyclic) bond motifs is 1. The second kappa shape index (κ2) is 5.50. The summed E-state index contributed by atoms with van der Waals surface area (Å²) in [5.74, 6) is -1.13. The second-order valence-corrected chi connectivity index (χ2v) is 4.52. The van der Waals surface area contributed by atoms with E-state index in [9.17, 15) is 25.2 Å². The number of benzene rings is 2. The predicted molar refractivity (Wildman–Crippen MR) is 81.8 cm³/mol. The first-order valence-corrected chi connectivity index (χ1v) is 5.98. The summed E-state index contributed by atoms with van der Waals surface area (Å²) in [5.41, 5.74) is -0.106. The smallest absolute Gasteiger partial charge is 0.197 e. The van der Waals surface area contributed by atoms with Crippen molar-refractivity contribution in [2.75, 3.05) is 0 Å². The number of hydrogen-bond acceptors (Lipinski definition) is 6. The lowest BCUT2D eigenvalue weighted by molar-refractivity contribution is 0.404. The average Bonchev–Trinajstić information content (AvgIpc) is 2.40. The standard InChI is InChI=1S/C15H10O6.ClH/c16-8-4-11(19)15-12(20)6-13(21-14(15)5-8)7-1-2-9(17)10(18)3-7;/h1-6,16-19H;1H. The lowest BCUT2D eigenvalue weighted by atomic mass is 10.1. The van der Waals surface area contributed by atoms with Crippen LogP contribution in [0.25, 0.3) is 22.3 Å². The van der Waals surface area contributed by atoms with Crippen LogP contribution in [0, 0.1) is 0 Å². The molecule has 7 heteroatoms. The minimum Gasteiger partial charge on any atom is -0.508 e. The van der Waals surface area contributed by atoms with E-state index in [0.717, 1.165) is 12.1 Å². The third-order valence-corrected chi connectivity index (χ3v) is 3.05. The lowest BCUT2D eigenvalue weighted by Crippen LogP contribution is -2.00. The molecule has 0 radical (unpaired) electrons. The van der Waals surface area contributed by atoms with Crippen molar-refractivity contribution in [3.8, 4) is 34.3 Å². The van der Waals surface area contributed by atoms with Gasteiger partial charge >= 0.3 is 0 Å². The van der Waals surface area contributed by atoms with Crippen molar-refractivity contribution >= 4 is 23.4 Å². The van der Waals surface area contributed by atoms with Gasteiger partial charge in [-0.3, -0.25) is 4.79 Å². The normalized spacial score (nSPS) is 10.4. The summed E-state index contributed by atoms with van der Waals surface area (Å²) in [6.45, 7) is 0. The Morgan fingerprint density at radius 1 is 0.818 bits per heavy atom. The topological polar surface area (TPSA) is 111 Å². The average molecular weight is 323 g/mol. The number of halogens is 1. The Bertz CT molecular complexity index is 916. The molecule has 2 aromatic carbocycles. The van der Waals surface area contributed by atoms with E-state index in [1.165, 1.54) is 24.3 Å². The first kappa shape index (κ1) is 15.5. The summed E-state index contributed by atoms with van der Waals surface area (Å²) in [4.78, 5) is 12.0. The van der Waals surface area contributed by atoms with E-state index >= 15 is 0 Å². The van der Waals surface area contributed by atoms with Gasteiger partial charge in [-0.2, -0.15) is 0 Å². The predicted octanol–water partition coefficient (Wildman–Crippen LogP) is 2.70. The monoisotopic (exact) mass is 322 g/mol. The Labute approximate surface area is 129 Å². The van der Waals surface area contributed by atoms with Crippen LogP contribution in [0.4, 0.5) is 0 Å². The largest absolute Gasteiger partial charge is 0.508 e. The van der Waals surface area contributed by atoms with Gasteiger partial charge in [-0.05, 0) is 18.2 Å². The summed E-state index contributed by atoms with van der Waals surface area (Å²) in [5, 5.41) is 37.9. The molecule has 22 heavy (non-hydrogen) atoms. The molecule has 0 saturated carbocycles. The number of rotatable bonds is 1. The summed E-state index contributed by atoms with van der Waals surface area (Å²) in [7, 11) is 0. The number of phenolic OH excluding ortho intramolecular Hbond substituents is 4. The van der Waals surface area contributed by atoms with Crippen LogP contribution in [-0.2, 0) is 0 Å². The zero-order valence-electron chi connectivity index (χ0n) is 11.0. The van der Waals surface area contributed by atoms with Crippen LogP contribution >= 0.6 is 12.4 Å². The van der Waals surface area contributed by atoms with Crippen molar-refractivity contribution in [3.63, 3.8) is 0 Å². The van der Waals surface area contributed by atoms with Crippen molar-refractivity contribution in [3.05, 3.63) is 46.6 Å². The molecule has 0 unspecified atom stereocenters. The van der Waals surface area contributed by atoms with Crippen molar-refractivity contribution in [2.24, 2.45) is 0 Å². The van der Waals surface area contributed by atoms with Crippen LogP contribution in [0.15, 0.2) is 45.6 Å². The van der Waals surface area contributed by atoms with Gasteiger partial charge in [0.15, 0.2) is 16.9 Å². The molecule has 0 spiro atoms. The van der Waals surface area contributed by atoms with E-state index in [-0.39, 0.29) is 52.1 Å². The van der Waals surface area contributed by atoms with Crippen LogP contribution in [0.1, 0.15) is 0 Å². The fraction of sp³-hybridized carbons (Fsp3) is 0. The van der Waals surface area contributed by atoms with E-state index in [2.05, 4.69) is 0 Å². The maximum atomic E-state index is 12.0. The van der Waals surface area contributed by atoms with Crippen LogP contribution in [0.2, 0.25) is 0 Å². The maximum Gasteiger partial charge on any atom is 0.197 e. The molecule has 0 aliphatic rings. The SMILES string of the molecule is Cl.O=c1cc(-c2ccc(O)c(O)c2)oc2cc(O)cc(O)c12. The van der Waals surface area contributed by atoms with E-state index in [1.807, 2.05) is 0 Å². The van der Waals surface area contributed by atoms with Gasteiger partial charge in [-0.15, -0.1) is 12.4 Å². The highest BCUT2D eigenvalue weighted by Crippen LogP contribution is 2.33. The third-order valence-electron chi connectivity index (χ3n) is 3.05. The number of phenols is 4. The zero-order valence-corrected chi connectivity index (χ0v) is 11.8. The Kier molecular flexibility index (Phi) is 3.88. The van der Waals surface area contributed by atoms with Gasteiger partial charge in [0.05, 0.1) is 0 Å². The van der Waals surface area contributed by atoms with Gasteiger partial charge in [0.1, 0.15) is 28.2 Å². The maximum absolute atomic E-state index is 12.0. The molecule has 4 N–H and O–H groups in total. The Morgan fingerprint density at radius 2 is 1.55 bits per heavy atom. The van der Waals surface area contributed by atoms with E-state index in [0.29, 0.717) is 5.56 Å². The van der Waals surface area contributed by atoms with Crippen LogP contribution in [-0.4, -0.2) is 20.4 Å². The van der Waals surface area contributed by atoms with Gasteiger partial charge in [0.2, 0.25) is 0 Å². The summed E-state index contributed by atoms with van der Waals surface area (Å²) >= 11 is 0. The molecule has 114 valence electrons. The van der Waals surface area contributed by atoms with E-state index < -0.39 is 5.43 Å². The quantitative estimate of drug-likeness (QED) is 0.513. The minimum atomic E-state index is -0.490. The number of hydrogen-bond donors (Lipinski definition) is 4.